The van der Waals surface area contributed by atoms with Crippen LogP contribution in [0.3, 0.4) is 0 Å². The number of alkyl halides is 2. The van der Waals surface area contributed by atoms with Crippen LogP contribution in [0.4, 0.5) is 5.82 Å². The van der Waals surface area contributed by atoms with Crippen LogP contribution in [0.5, 0.6) is 0 Å². The molecule has 222 valence electrons. The van der Waals surface area contributed by atoms with Gasteiger partial charge in [0.2, 0.25) is 0 Å². The summed E-state index contributed by atoms with van der Waals surface area (Å²) in [5, 5.41) is 2.52. The largest absolute Gasteiger partial charge is 0.414 e. The van der Waals surface area contributed by atoms with Gasteiger partial charge >= 0.3 is 5.69 Å². The number of carbonyl (C=O) groups excluding carboxylic acids is 1. The SMILES string of the molecule is CC(C)(C)[Si](C)(C)OC[C@H]1O[C@@H](n2ccc(NC(=O)c3ccccc3)nc2=O)C(Cl)(Cl)[C@@H]1O[Si](C)(C)C(C)(C)C. The molecule has 1 amide bonds. The van der Waals surface area contributed by atoms with Crippen molar-refractivity contribution in [1.82, 2.24) is 9.55 Å². The zero-order chi connectivity index (χ0) is 30.3. The molecule has 0 saturated carbocycles. The molecule has 40 heavy (non-hydrogen) atoms. The van der Waals surface area contributed by atoms with E-state index in [0.29, 0.717) is 5.56 Å². The van der Waals surface area contributed by atoms with E-state index in [1.807, 2.05) is 6.07 Å². The molecule has 2 heterocycles. The number of hydrogen-bond donors (Lipinski definition) is 1. The fourth-order valence-electron chi connectivity index (χ4n) is 3.69. The molecule has 1 N–H and O–H groups in total. The molecule has 1 aliphatic rings. The van der Waals surface area contributed by atoms with Crippen molar-refractivity contribution in [2.75, 3.05) is 11.9 Å². The van der Waals surface area contributed by atoms with Crippen molar-refractivity contribution < 1.29 is 18.4 Å². The van der Waals surface area contributed by atoms with Gasteiger partial charge in [0.1, 0.15) is 18.0 Å². The summed E-state index contributed by atoms with van der Waals surface area (Å²) in [6.07, 6.45) is -0.985. The first-order chi connectivity index (χ1) is 18.2. The smallest absolute Gasteiger partial charge is 0.351 e. The van der Waals surface area contributed by atoms with Crippen LogP contribution in [0.1, 0.15) is 58.1 Å². The van der Waals surface area contributed by atoms with Crippen molar-refractivity contribution in [3.63, 3.8) is 0 Å². The number of halogens is 2. The van der Waals surface area contributed by atoms with Crippen LogP contribution in [-0.2, 0) is 13.6 Å². The number of carbonyl (C=O) groups is 1. The lowest BCUT2D eigenvalue weighted by atomic mass is 10.2. The lowest BCUT2D eigenvalue weighted by molar-refractivity contribution is -0.0415. The maximum absolute atomic E-state index is 13.2. The van der Waals surface area contributed by atoms with Gasteiger partial charge in [0, 0.05) is 11.8 Å². The molecule has 0 radical (unpaired) electrons. The molecule has 1 aromatic carbocycles. The summed E-state index contributed by atoms with van der Waals surface area (Å²) in [6.45, 7) is 21.7. The summed E-state index contributed by atoms with van der Waals surface area (Å²) < 4.78 is 19.3. The predicted molar refractivity (Wildman–Crippen MR) is 166 cm³/mol. The van der Waals surface area contributed by atoms with Crippen molar-refractivity contribution in [3.05, 3.63) is 58.6 Å². The number of ether oxygens (including phenoxy) is 1. The third-order valence-corrected chi connectivity index (χ3v) is 18.1. The van der Waals surface area contributed by atoms with Crippen molar-refractivity contribution in [2.24, 2.45) is 0 Å². The molecule has 1 fully saturated rings. The summed E-state index contributed by atoms with van der Waals surface area (Å²) in [4.78, 5) is 29.8. The highest BCUT2D eigenvalue weighted by molar-refractivity contribution is 6.74. The number of nitrogens with one attached hydrogen (secondary N) is 1. The molecule has 1 aromatic heterocycles. The van der Waals surface area contributed by atoms with E-state index in [-0.39, 0.29) is 28.4 Å². The number of benzene rings is 1. The van der Waals surface area contributed by atoms with Crippen LogP contribution in [0.15, 0.2) is 47.4 Å². The zero-order valence-electron chi connectivity index (χ0n) is 25.2. The van der Waals surface area contributed by atoms with Gasteiger partial charge < -0.3 is 18.9 Å². The number of hydrogen-bond acceptors (Lipinski definition) is 6. The summed E-state index contributed by atoms with van der Waals surface area (Å²) in [7, 11) is -4.50. The van der Waals surface area contributed by atoms with E-state index in [2.05, 4.69) is 78.0 Å². The predicted octanol–water partition coefficient (Wildman–Crippen LogP) is 6.98. The quantitative estimate of drug-likeness (QED) is 0.251. The molecule has 1 aliphatic heterocycles. The average Bonchev–Trinajstić information content (AvgIpc) is 3.06. The number of aromatic nitrogens is 2. The van der Waals surface area contributed by atoms with E-state index in [4.69, 9.17) is 36.8 Å². The topological polar surface area (TPSA) is 91.7 Å². The average molecular weight is 629 g/mol. The fraction of sp³-hybridized carbons (Fsp3) is 0.607. The van der Waals surface area contributed by atoms with Crippen LogP contribution in [-0.4, -0.2) is 55.2 Å². The highest BCUT2D eigenvalue weighted by Crippen LogP contribution is 2.51. The molecule has 0 aliphatic carbocycles. The normalized spacial score (nSPS) is 21.9. The van der Waals surface area contributed by atoms with Gasteiger partial charge in [-0.2, -0.15) is 4.98 Å². The van der Waals surface area contributed by atoms with Crippen molar-refractivity contribution in [2.45, 2.75) is 101 Å². The van der Waals surface area contributed by atoms with Gasteiger partial charge in [-0.1, -0.05) is 82.9 Å². The maximum Gasteiger partial charge on any atom is 0.351 e. The van der Waals surface area contributed by atoms with Crippen molar-refractivity contribution in [1.29, 1.82) is 0 Å². The lowest BCUT2D eigenvalue weighted by Gasteiger charge is -2.42. The highest BCUT2D eigenvalue weighted by atomic mass is 35.5. The zero-order valence-corrected chi connectivity index (χ0v) is 28.7. The first-order valence-electron chi connectivity index (χ1n) is 13.5. The van der Waals surface area contributed by atoms with Gasteiger partial charge in [-0.25, -0.2) is 4.79 Å². The molecule has 0 bridgehead atoms. The van der Waals surface area contributed by atoms with Crippen LogP contribution >= 0.6 is 23.2 Å². The van der Waals surface area contributed by atoms with E-state index in [1.54, 1.807) is 24.3 Å². The minimum atomic E-state index is -2.36. The molecular formula is C28H43Cl2N3O5Si2. The maximum atomic E-state index is 13.2. The second kappa shape index (κ2) is 11.6. The number of rotatable bonds is 8. The lowest BCUT2D eigenvalue weighted by Crippen LogP contribution is -2.52. The van der Waals surface area contributed by atoms with Gasteiger partial charge in [0.15, 0.2) is 27.2 Å². The first-order valence-corrected chi connectivity index (χ1v) is 20.1. The first kappa shape index (κ1) is 33.0. The molecule has 3 atom stereocenters. The molecule has 1 saturated heterocycles. The van der Waals surface area contributed by atoms with E-state index < -0.39 is 45.1 Å². The minimum Gasteiger partial charge on any atom is -0.414 e. The third-order valence-electron chi connectivity index (χ3n) is 8.35. The number of nitrogens with zero attached hydrogens (tertiary/aromatic N) is 2. The van der Waals surface area contributed by atoms with Gasteiger partial charge in [-0.05, 0) is 54.5 Å². The molecule has 3 rings (SSSR count). The van der Waals surface area contributed by atoms with E-state index in [1.165, 1.54) is 16.8 Å². The Morgan fingerprint density at radius 1 is 1.02 bits per heavy atom. The van der Waals surface area contributed by atoms with Crippen molar-refractivity contribution in [3.8, 4) is 0 Å². The Kier molecular flexibility index (Phi) is 9.58. The Morgan fingerprint density at radius 3 is 2.12 bits per heavy atom. The summed E-state index contributed by atoms with van der Waals surface area (Å²) in [5.74, 6) is -0.271. The van der Waals surface area contributed by atoms with E-state index in [0.717, 1.165) is 0 Å². The summed E-state index contributed by atoms with van der Waals surface area (Å²) in [5.41, 5.74) is -0.220. The summed E-state index contributed by atoms with van der Waals surface area (Å²) >= 11 is 14.1. The van der Waals surface area contributed by atoms with E-state index in [9.17, 15) is 9.59 Å². The van der Waals surface area contributed by atoms with Gasteiger partial charge in [-0.15, -0.1) is 0 Å². The molecule has 0 unspecified atom stereocenters. The minimum absolute atomic E-state index is 0.0132. The number of amides is 1. The van der Waals surface area contributed by atoms with Crippen LogP contribution in [0.2, 0.25) is 36.3 Å². The standard InChI is InChI=1S/C28H43Cl2N3O5Si2/c1-26(2,3)39(7,8)36-18-20-22(38-40(9,10)27(4,5)6)28(29,30)24(37-20)33-17-16-21(32-25(33)35)31-23(34)19-14-12-11-13-15-19/h11-17,20,22,24H,18H2,1-10H3,(H,31,32,34,35)/t20-,22-,24-/m1/s1. The van der Waals surface area contributed by atoms with Crippen LogP contribution < -0.4 is 11.0 Å². The third kappa shape index (κ3) is 7.08. The van der Waals surface area contributed by atoms with Gasteiger partial charge in [0.05, 0.1) is 6.61 Å². The van der Waals surface area contributed by atoms with Crippen LogP contribution in [0, 0.1) is 0 Å². The van der Waals surface area contributed by atoms with Crippen molar-refractivity contribution >= 4 is 51.6 Å². The Hall–Kier alpha value is -1.54. The molecular weight excluding hydrogens is 585 g/mol. The van der Waals surface area contributed by atoms with Crippen LogP contribution in [0.25, 0.3) is 0 Å². The second-order valence-electron chi connectivity index (χ2n) is 13.4. The second-order valence-corrected chi connectivity index (χ2v) is 24.4. The summed E-state index contributed by atoms with van der Waals surface area (Å²) in [6, 6.07) is 10.2. The Morgan fingerprint density at radius 2 is 1.60 bits per heavy atom. The Labute approximate surface area is 250 Å². The molecule has 8 nitrogen and oxygen atoms in total. The highest BCUT2D eigenvalue weighted by Gasteiger charge is 2.59. The molecule has 2 aromatic rings. The number of anilines is 1. The Balaban J connectivity index is 1.92. The molecule has 0 spiro atoms. The van der Waals surface area contributed by atoms with Gasteiger partial charge in [-0.3, -0.25) is 9.36 Å². The molecule has 12 heteroatoms. The Bertz CT molecular complexity index is 1260. The van der Waals surface area contributed by atoms with Gasteiger partial charge in [0.25, 0.3) is 5.91 Å². The fourth-order valence-corrected chi connectivity index (χ4v) is 6.86. The van der Waals surface area contributed by atoms with E-state index >= 15 is 0 Å². The monoisotopic (exact) mass is 627 g/mol.